The zero-order valence-corrected chi connectivity index (χ0v) is 20.7. The number of hydrogen-bond donors (Lipinski definition) is 3. The van der Waals surface area contributed by atoms with Gasteiger partial charge in [0.15, 0.2) is 6.29 Å². The first-order valence-corrected chi connectivity index (χ1v) is 12.1. The molecule has 3 N–H and O–H groups in total. The molecular formula is C30H29N3O4. The number of aromatic nitrogens is 3. The molecule has 0 saturated heterocycles. The molecule has 0 saturated carbocycles. The average molecular weight is 496 g/mol. The number of benzene rings is 3. The van der Waals surface area contributed by atoms with Gasteiger partial charge in [0, 0.05) is 12.5 Å². The maximum atomic E-state index is 11.8. The van der Waals surface area contributed by atoms with Gasteiger partial charge >= 0.3 is 0 Å². The maximum Gasteiger partial charge on any atom is 0.196 e. The summed E-state index contributed by atoms with van der Waals surface area (Å²) in [7, 11) is 1.64. The van der Waals surface area contributed by atoms with Crippen LogP contribution in [-0.4, -0.2) is 37.0 Å². The zero-order valence-electron chi connectivity index (χ0n) is 20.7. The van der Waals surface area contributed by atoms with E-state index in [4.69, 9.17) is 4.74 Å². The molecule has 0 aliphatic heterocycles. The van der Waals surface area contributed by atoms with Gasteiger partial charge in [-0.15, -0.1) is 0 Å². The van der Waals surface area contributed by atoms with Gasteiger partial charge < -0.3 is 24.6 Å². The predicted molar refractivity (Wildman–Crippen MR) is 141 cm³/mol. The monoisotopic (exact) mass is 495 g/mol. The summed E-state index contributed by atoms with van der Waals surface area (Å²) in [5, 5.41) is 31.9. The molecule has 2 aromatic heterocycles. The lowest BCUT2D eigenvalue weighted by atomic mass is 9.85. The van der Waals surface area contributed by atoms with Crippen molar-refractivity contribution < 1.29 is 20.1 Å². The molecule has 5 aromatic rings. The van der Waals surface area contributed by atoms with Crippen molar-refractivity contribution in [2.75, 3.05) is 7.11 Å². The first kappa shape index (κ1) is 24.6. The van der Waals surface area contributed by atoms with Gasteiger partial charge in [-0.3, -0.25) is 0 Å². The van der Waals surface area contributed by atoms with Crippen LogP contribution in [0.4, 0.5) is 0 Å². The molecule has 7 nitrogen and oxygen atoms in total. The fourth-order valence-corrected chi connectivity index (χ4v) is 4.84. The van der Waals surface area contributed by atoms with Crippen LogP contribution in [-0.2, 0) is 6.54 Å². The summed E-state index contributed by atoms with van der Waals surface area (Å²) in [5.74, 6) is 0.381. The molecule has 37 heavy (non-hydrogen) atoms. The van der Waals surface area contributed by atoms with Gasteiger partial charge in [0.25, 0.3) is 0 Å². The topological polar surface area (TPSA) is 101 Å². The molecule has 0 amide bonds. The van der Waals surface area contributed by atoms with Crippen molar-refractivity contribution in [3.05, 3.63) is 125 Å². The van der Waals surface area contributed by atoms with Gasteiger partial charge in [0.05, 0.1) is 30.3 Å². The number of imidazole rings is 1. The van der Waals surface area contributed by atoms with Gasteiger partial charge in [-0.05, 0) is 41.3 Å². The molecule has 0 spiro atoms. The number of methoxy groups -OCH3 is 1. The fourth-order valence-electron chi connectivity index (χ4n) is 4.84. The van der Waals surface area contributed by atoms with Crippen molar-refractivity contribution in [1.82, 2.24) is 14.5 Å². The van der Waals surface area contributed by atoms with Crippen LogP contribution in [0.1, 0.15) is 52.0 Å². The third-order valence-electron chi connectivity index (χ3n) is 6.65. The normalized spacial score (nSPS) is 12.4. The highest BCUT2D eigenvalue weighted by molar-refractivity contribution is 5.79. The van der Waals surface area contributed by atoms with Gasteiger partial charge in [-0.25, -0.2) is 9.97 Å². The van der Waals surface area contributed by atoms with E-state index in [1.807, 2.05) is 90.4 Å². The van der Waals surface area contributed by atoms with Crippen LogP contribution in [0.3, 0.4) is 0 Å². The van der Waals surface area contributed by atoms with E-state index in [9.17, 15) is 15.3 Å². The summed E-state index contributed by atoms with van der Waals surface area (Å²) in [6.45, 7) is 2.49. The minimum Gasteiger partial charge on any atom is -0.496 e. The van der Waals surface area contributed by atoms with Crippen molar-refractivity contribution in [1.29, 1.82) is 0 Å². The van der Waals surface area contributed by atoms with E-state index in [0.717, 1.165) is 28.0 Å². The van der Waals surface area contributed by atoms with Crippen LogP contribution in [0, 0.1) is 6.92 Å². The molecule has 5 rings (SSSR count). The second-order valence-corrected chi connectivity index (χ2v) is 9.09. The first-order valence-electron chi connectivity index (χ1n) is 12.1. The summed E-state index contributed by atoms with van der Waals surface area (Å²) in [6, 6.07) is 27.0. The zero-order chi connectivity index (χ0) is 25.9. The minimum atomic E-state index is -1.80. The lowest BCUT2D eigenvalue weighted by Gasteiger charge is -2.24. The summed E-state index contributed by atoms with van der Waals surface area (Å²) in [4.78, 5) is 9.10. The van der Waals surface area contributed by atoms with Crippen molar-refractivity contribution >= 4 is 11.0 Å². The molecular weight excluding hydrogens is 466 g/mol. The van der Waals surface area contributed by atoms with E-state index in [1.54, 1.807) is 19.5 Å². The third-order valence-corrected chi connectivity index (χ3v) is 6.65. The highest BCUT2D eigenvalue weighted by Gasteiger charge is 2.29. The second-order valence-electron chi connectivity index (χ2n) is 9.09. The van der Waals surface area contributed by atoms with Crippen molar-refractivity contribution in [2.24, 2.45) is 0 Å². The Bertz CT molecular complexity index is 1460. The highest BCUT2D eigenvalue weighted by Crippen LogP contribution is 2.38. The number of hydrogen-bond acceptors (Lipinski definition) is 6. The van der Waals surface area contributed by atoms with Gasteiger partial charge in [0.1, 0.15) is 17.4 Å². The highest BCUT2D eigenvalue weighted by atomic mass is 16.5. The number of rotatable bonds is 8. The van der Waals surface area contributed by atoms with E-state index in [-0.39, 0.29) is 5.69 Å². The Labute approximate surface area is 215 Å². The molecule has 0 aliphatic carbocycles. The Balaban J connectivity index is 1.62. The summed E-state index contributed by atoms with van der Waals surface area (Å²) >= 11 is 0. The SMILES string of the molecule is COc1ccc(Cn2cnc3c(C(O)C(c4ccccc4)c4ccccc4)nc(C(O)O)cc32)cc1C. The molecule has 0 radical (unpaired) electrons. The molecule has 0 fully saturated rings. The van der Waals surface area contributed by atoms with E-state index >= 15 is 0 Å². The van der Waals surface area contributed by atoms with Crippen LogP contribution in [0.15, 0.2) is 91.3 Å². The molecule has 3 aromatic carbocycles. The van der Waals surface area contributed by atoms with Crippen molar-refractivity contribution in [3.63, 3.8) is 0 Å². The minimum absolute atomic E-state index is 0.0501. The Hall–Kier alpha value is -4.04. The molecule has 188 valence electrons. The maximum absolute atomic E-state index is 11.8. The van der Waals surface area contributed by atoms with Gasteiger partial charge in [0.2, 0.25) is 0 Å². The lowest BCUT2D eigenvalue weighted by molar-refractivity contribution is -0.0460. The Morgan fingerprint density at radius 2 is 1.51 bits per heavy atom. The average Bonchev–Trinajstić information content (AvgIpc) is 3.32. The number of aliphatic hydroxyl groups is 3. The van der Waals surface area contributed by atoms with E-state index in [1.165, 1.54) is 0 Å². The van der Waals surface area contributed by atoms with Gasteiger partial charge in [-0.1, -0.05) is 72.8 Å². The van der Waals surface area contributed by atoms with Crippen molar-refractivity contribution in [2.45, 2.75) is 31.8 Å². The van der Waals surface area contributed by atoms with Crippen LogP contribution in [0.2, 0.25) is 0 Å². The smallest absolute Gasteiger partial charge is 0.196 e. The number of aliphatic hydroxyl groups excluding tert-OH is 2. The number of ether oxygens (including phenoxy) is 1. The van der Waals surface area contributed by atoms with E-state index in [2.05, 4.69) is 9.97 Å². The molecule has 1 atom stereocenters. The third kappa shape index (κ3) is 4.97. The predicted octanol–water partition coefficient (Wildman–Crippen LogP) is 4.65. The molecule has 7 heteroatoms. The van der Waals surface area contributed by atoms with E-state index < -0.39 is 18.3 Å². The second kappa shape index (κ2) is 10.5. The lowest BCUT2D eigenvalue weighted by Crippen LogP contribution is -2.16. The Kier molecular flexibility index (Phi) is 7.01. The molecule has 0 bridgehead atoms. The standard InChI is InChI=1S/C30H29N3O4/c1-19-15-20(13-14-25(19)37-2)17-33-18-31-27-24(33)16-23(30(35)36)32-28(27)29(34)26(21-9-5-3-6-10-21)22-11-7-4-8-12-22/h3-16,18,26,29-30,34-36H,17H2,1-2H3. The fraction of sp³-hybridized carbons (Fsp3) is 0.200. The van der Waals surface area contributed by atoms with Gasteiger partial charge in [-0.2, -0.15) is 0 Å². The summed E-state index contributed by atoms with van der Waals surface area (Å²) in [5.41, 5.74) is 5.39. The quantitative estimate of drug-likeness (QED) is 0.271. The summed E-state index contributed by atoms with van der Waals surface area (Å²) in [6.07, 6.45) is -1.19. The molecule has 1 unspecified atom stereocenters. The van der Waals surface area contributed by atoms with Crippen LogP contribution < -0.4 is 4.74 Å². The summed E-state index contributed by atoms with van der Waals surface area (Å²) < 4.78 is 7.29. The number of nitrogens with zero attached hydrogens (tertiary/aromatic N) is 3. The first-order chi connectivity index (χ1) is 18.0. The Morgan fingerprint density at radius 1 is 0.865 bits per heavy atom. The van der Waals surface area contributed by atoms with Crippen LogP contribution in [0.25, 0.3) is 11.0 Å². The van der Waals surface area contributed by atoms with E-state index in [0.29, 0.717) is 23.3 Å². The number of aryl methyl sites for hydroxylation is 1. The number of pyridine rings is 1. The largest absolute Gasteiger partial charge is 0.496 e. The van der Waals surface area contributed by atoms with Crippen molar-refractivity contribution in [3.8, 4) is 5.75 Å². The van der Waals surface area contributed by atoms with Crippen LogP contribution >= 0.6 is 0 Å². The molecule has 0 aliphatic rings. The molecule has 2 heterocycles. The number of fused-ring (bicyclic) bond motifs is 1. The Morgan fingerprint density at radius 3 is 2.08 bits per heavy atom. The van der Waals surface area contributed by atoms with Crippen LogP contribution in [0.5, 0.6) is 5.75 Å².